The first-order valence-electron chi connectivity index (χ1n) is 4.90. The van der Waals surface area contributed by atoms with Gasteiger partial charge in [0.2, 0.25) is 0 Å². The van der Waals surface area contributed by atoms with Crippen LogP contribution in [0.3, 0.4) is 0 Å². The molecule has 2 aromatic carbocycles. The summed E-state index contributed by atoms with van der Waals surface area (Å²) in [5.74, 6) is 0. The zero-order chi connectivity index (χ0) is 13.6. The Balaban J connectivity index is 3.00. The van der Waals surface area contributed by atoms with Crippen LogP contribution >= 0.6 is 0 Å². The molecule has 0 aliphatic heterocycles. The first-order chi connectivity index (χ1) is 8.19. The van der Waals surface area contributed by atoms with Gasteiger partial charge in [0, 0.05) is 11.6 Å². The lowest BCUT2D eigenvalue weighted by Crippen LogP contribution is -2.03. The van der Waals surface area contributed by atoms with E-state index in [4.69, 9.17) is 4.55 Å². The molecule has 0 heterocycles. The van der Waals surface area contributed by atoms with E-state index < -0.39 is 24.9 Å². The van der Waals surface area contributed by atoms with Crippen molar-refractivity contribution < 1.29 is 21.4 Å². The normalized spacial score (nSPS) is 12.8. The van der Waals surface area contributed by atoms with E-state index in [2.05, 4.69) is 0 Å². The van der Waals surface area contributed by atoms with Gasteiger partial charge in [-0.25, -0.2) is 8.42 Å². The van der Waals surface area contributed by atoms with Crippen LogP contribution in [0.4, 0.5) is 0 Å². The van der Waals surface area contributed by atoms with Crippen molar-refractivity contribution in [2.45, 2.75) is 9.79 Å². The molecule has 2 rings (SSSR count). The molecule has 0 bridgehead atoms. The molecule has 5 nitrogen and oxygen atoms in total. The topological polar surface area (TPSA) is 88.5 Å². The van der Waals surface area contributed by atoms with E-state index in [-0.39, 0.29) is 4.90 Å². The molecule has 1 N–H and O–H groups in total. The quantitative estimate of drug-likeness (QED) is 0.845. The lowest BCUT2D eigenvalue weighted by Gasteiger charge is -2.07. The summed E-state index contributed by atoms with van der Waals surface area (Å²) in [6.07, 6.45) is 0.989. The fourth-order valence-electron chi connectivity index (χ4n) is 1.70. The molecule has 0 aromatic heterocycles. The highest BCUT2D eigenvalue weighted by Gasteiger charge is 2.18. The Morgan fingerprint density at radius 2 is 1.61 bits per heavy atom. The van der Waals surface area contributed by atoms with Gasteiger partial charge in [0.25, 0.3) is 10.1 Å². The predicted molar refractivity (Wildman–Crippen MR) is 66.9 cm³/mol. The molecular formula is C11H10O5S2. The molecule has 18 heavy (non-hydrogen) atoms. The molecule has 0 unspecified atom stereocenters. The molecule has 2 aromatic rings. The second-order valence-corrected chi connectivity index (χ2v) is 7.30. The summed E-state index contributed by atoms with van der Waals surface area (Å²) in [6, 6.07) is 8.68. The van der Waals surface area contributed by atoms with Crippen molar-refractivity contribution in [2.75, 3.05) is 6.26 Å². The van der Waals surface area contributed by atoms with Gasteiger partial charge in [-0.15, -0.1) is 0 Å². The van der Waals surface area contributed by atoms with Crippen LogP contribution in [0.1, 0.15) is 0 Å². The largest absolute Gasteiger partial charge is 0.294 e. The maximum Gasteiger partial charge on any atom is 0.294 e. The fourth-order valence-corrected chi connectivity index (χ4v) is 3.25. The molecule has 0 amide bonds. The van der Waals surface area contributed by atoms with Crippen LogP contribution in [0, 0.1) is 0 Å². The lowest BCUT2D eigenvalue weighted by molar-refractivity contribution is 0.483. The molecule has 0 saturated carbocycles. The molecular weight excluding hydrogens is 276 g/mol. The SMILES string of the molecule is CS(=O)(=O)c1cc(S(=O)(=O)O)cc2ccccc12. The zero-order valence-electron chi connectivity index (χ0n) is 9.36. The van der Waals surface area contributed by atoms with E-state index >= 15 is 0 Å². The monoisotopic (exact) mass is 286 g/mol. The summed E-state index contributed by atoms with van der Waals surface area (Å²) in [5, 5.41) is 0.862. The molecule has 0 aliphatic carbocycles. The molecule has 0 saturated heterocycles. The summed E-state index contributed by atoms with van der Waals surface area (Å²) in [7, 11) is -8.03. The highest BCUT2D eigenvalue weighted by Crippen LogP contribution is 2.26. The van der Waals surface area contributed by atoms with Crippen LogP contribution in [0.2, 0.25) is 0 Å². The standard InChI is InChI=1S/C11H10O5S2/c1-17(12,13)11-7-9(18(14,15)16)6-8-4-2-3-5-10(8)11/h2-7H,1H3,(H,14,15,16). The van der Waals surface area contributed by atoms with Crippen molar-refractivity contribution in [3.05, 3.63) is 36.4 Å². The van der Waals surface area contributed by atoms with Crippen LogP contribution < -0.4 is 0 Å². The van der Waals surface area contributed by atoms with Crippen molar-refractivity contribution in [1.82, 2.24) is 0 Å². The highest BCUT2D eigenvalue weighted by atomic mass is 32.2. The summed E-state index contributed by atoms with van der Waals surface area (Å²) in [5.41, 5.74) is 0. The van der Waals surface area contributed by atoms with E-state index in [1.165, 1.54) is 6.07 Å². The maximum absolute atomic E-state index is 11.6. The zero-order valence-corrected chi connectivity index (χ0v) is 11.0. The Morgan fingerprint density at radius 1 is 1.00 bits per heavy atom. The molecule has 7 heteroatoms. The van der Waals surface area contributed by atoms with Crippen LogP contribution in [0.15, 0.2) is 46.2 Å². The minimum absolute atomic E-state index is 0.117. The number of hydrogen-bond donors (Lipinski definition) is 1. The Kier molecular flexibility index (Phi) is 2.92. The van der Waals surface area contributed by atoms with Crippen molar-refractivity contribution >= 4 is 30.7 Å². The lowest BCUT2D eigenvalue weighted by atomic mass is 10.1. The van der Waals surface area contributed by atoms with Crippen LogP contribution in [0.5, 0.6) is 0 Å². The molecule has 96 valence electrons. The first kappa shape index (κ1) is 13.0. The Bertz CT molecular complexity index is 820. The van der Waals surface area contributed by atoms with Crippen LogP contribution in [-0.2, 0) is 20.0 Å². The molecule has 0 atom stereocenters. The van der Waals surface area contributed by atoms with Gasteiger partial charge < -0.3 is 0 Å². The van der Waals surface area contributed by atoms with E-state index in [9.17, 15) is 16.8 Å². The van der Waals surface area contributed by atoms with E-state index in [1.807, 2.05) is 0 Å². The fraction of sp³-hybridized carbons (Fsp3) is 0.0909. The van der Waals surface area contributed by atoms with Gasteiger partial charge in [-0.1, -0.05) is 24.3 Å². The first-order valence-corrected chi connectivity index (χ1v) is 8.23. The summed E-state index contributed by atoms with van der Waals surface area (Å²) >= 11 is 0. The van der Waals surface area contributed by atoms with Gasteiger partial charge >= 0.3 is 0 Å². The number of sulfone groups is 1. The molecule has 0 aliphatic rings. The number of hydrogen-bond acceptors (Lipinski definition) is 4. The third-order valence-corrected chi connectivity index (χ3v) is 4.46. The molecule has 0 spiro atoms. The molecule has 0 radical (unpaired) electrons. The van der Waals surface area contributed by atoms with Gasteiger partial charge in [0.05, 0.1) is 9.79 Å². The third-order valence-electron chi connectivity index (χ3n) is 2.49. The Labute approximate surface area is 105 Å². The van der Waals surface area contributed by atoms with Crippen LogP contribution in [-0.4, -0.2) is 27.6 Å². The smallest absolute Gasteiger partial charge is 0.282 e. The second kappa shape index (κ2) is 4.04. The van der Waals surface area contributed by atoms with E-state index in [1.54, 1.807) is 24.3 Å². The maximum atomic E-state index is 11.6. The number of benzene rings is 2. The second-order valence-electron chi connectivity index (χ2n) is 3.89. The highest BCUT2D eigenvalue weighted by molar-refractivity contribution is 7.91. The van der Waals surface area contributed by atoms with Crippen molar-refractivity contribution in [3.63, 3.8) is 0 Å². The van der Waals surface area contributed by atoms with Crippen molar-refractivity contribution in [1.29, 1.82) is 0 Å². The Hall–Kier alpha value is -1.44. The van der Waals surface area contributed by atoms with Gasteiger partial charge in [0.15, 0.2) is 9.84 Å². The average molecular weight is 286 g/mol. The summed E-state index contributed by atoms with van der Waals surface area (Å²) in [6.45, 7) is 0. The Morgan fingerprint density at radius 3 is 2.17 bits per heavy atom. The van der Waals surface area contributed by atoms with Crippen molar-refractivity contribution in [3.8, 4) is 0 Å². The van der Waals surface area contributed by atoms with Gasteiger partial charge in [-0.2, -0.15) is 8.42 Å². The van der Waals surface area contributed by atoms with Gasteiger partial charge in [-0.05, 0) is 17.5 Å². The van der Waals surface area contributed by atoms with Gasteiger partial charge in [0.1, 0.15) is 0 Å². The van der Waals surface area contributed by atoms with E-state index in [0.717, 1.165) is 12.3 Å². The van der Waals surface area contributed by atoms with E-state index in [0.29, 0.717) is 10.8 Å². The van der Waals surface area contributed by atoms with Gasteiger partial charge in [-0.3, -0.25) is 4.55 Å². The van der Waals surface area contributed by atoms with Crippen molar-refractivity contribution in [2.24, 2.45) is 0 Å². The number of fused-ring (bicyclic) bond motifs is 1. The third kappa shape index (κ3) is 2.38. The predicted octanol–water partition coefficient (Wildman–Crippen LogP) is 1.49. The van der Waals surface area contributed by atoms with Crippen LogP contribution in [0.25, 0.3) is 10.8 Å². The minimum atomic E-state index is -4.44. The average Bonchev–Trinajstić information content (AvgIpc) is 2.25. The number of rotatable bonds is 2. The molecule has 0 fully saturated rings. The summed E-state index contributed by atoms with van der Waals surface area (Å²) in [4.78, 5) is -0.546. The minimum Gasteiger partial charge on any atom is -0.282 e. The summed E-state index contributed by atoms with van der Waals surface area (Å²) < 4.78 is 54.5.